The van der Waals surface area contributed by atoms with Crippen LogP contribution < -0.4 is 16.2 Å². The molecule has 1 saturated carbocycles. The molecule has 1 aromatic heterocycles. The molecular weight excluding hydrogens is 282 g/mol. The van der Waals surface area contributed by atoms with Crippen LogP contribution in [0.1, 0.15) is 43.0 Å². The van der Waals surface area contributed by atoms with Crippen LogP contribution in [0.4, 0.5) is 0 Å². The third-order valence-corrected chi connectivity index (χ3v) is 4.24. The topological polar surface area (TPSA) is 80.2 Å². The first kappa shape index (κ1) is 16.3. The fraction of sp³-hybridized carbons (Fsp3) is 0.562. The second-order valence-electron chi connectivity index (χ2n) is 5.90. The van der Waals surface area contributed by atoms with E-state index in [1.807, 2.05) is 0 Å². The maximum Gasteiger partial charge on any atom is 0.252 e. The van der Waals surface area contributed by atoms with Crippen LogP contribution in [0, 0.1) is 5.92 Å². The molecule has 0 bridgehead atoms. The highest BCUT2D eigenvalue weighted by Gasteiger charge is 2.22. The van der Waals surface area contributed by atoms with Crippen molar-refractivity contribution in [3.05, 3.63) is 34.2 Å². The Hall–Kier alpha value is -2.11. The number of pyridine rings is 1. The van der Waals surface area contributed by atoms with Crippen LogP contribution in [0.3, 0.4) is 0 Å². The lowest BCUT2D eigenvalue weighted by molar-refractivity contribution is -0.123. The van der Waals surface area contributed by atoms with E-state index in [0.29, 0.717) is 11.5 Å². The van der Waals surface area contributed by atoms with Gasteiger partial charge in [-0.2, -0.15) is 0 Å². The molecule has 0 spiro atoms. The van der Waals surface area contributed by atoms with E-state index >= 15 is 0 Å². The minimum Gasteiger partial charge on any atom is -0.355 e. The van der Waals surface area contributed by atoms with Gasteiger partial charge in [0.1, 0.15) is 6.54 Å². The van der Waals surface area contributed by atoms with Crippen LogP contribution in [-0.2, 0) is 11.3 Å². The zero-order chi connectivity index (χ0) is 16.1. The van der Waals surface area contributed by atoms with Crippen LogP contribution in [0.25, 0.3) is 0 Å². The Bertz CT molecular complexity index is 609. The van der Waals surface area contributed by atoms with Gasteiger partial charge in [0.15, 0.2) is 0 Å². The summed E-state index contributed by atoms with van der Waals surface area (Å²) in [7, 11) is 1.52. The predicted octanol–water partition coefficient (Wildman–Crippen LogP) is 0.903. The maximum absolute atomic E-state index is 12.2. The van der Waals surface area contributed by atoms with Crippen molar-refractivity contribution in [1.29, 1.82) is 0 Å². The quantitative estimate of drug-likeness (QED) is 0.867. The summed E-state index contributed by atoms with van der Waals surface area (Å²) in [5.41, 5.74) is 0.0698. The van der Waals surface area contributed by atoms with Gasteiger partial charge in [-0.1, -0.05) is 19.8 Å². The highest BCUT2D eigenvalue weighted by molar-refractivity contribution is 5.93. The zero-order valence-electron chi connectivity index (χ0n) is 13.1. The Kier molecular flexibility index (Phi) is 5.35. The largest absolute Gasteiger partial charge is 0.355 e. The molecule has 0 aromatic carbocycles. The number of hydrogen-bond acceptors (Lipinski definition) is 3. The molecule has 2 N–H and O–H groups in total. The number of hydrogen-bond donors (Lipinski definition) is 2. The molecule has 1 fully saturated rings. The van der Waals surface area contributed by atoms with Crippen LogP contribution in [0.2, 0.25) is 0 Å². The van der Waals surface area contributed by atoms with E-state index < -0.39 is 0 Å². The van der Waals surface area contributed by atoms with Gasteiger partial charge in [0, 0.05) is 25.4 Å². The standard InChI is InChI=1S/C16H23N3O3/c1-11-5-3-4-6-13(11)18-14(20)10-19-9-12(16(22)17-2)7-8-15(19)21/h7-9,11,13H,3-6,10H2,1-2H3,(H,17,22)(H,18,20)/t11-,13+/m1/s1. The summed E-state index contributed by atoms with van der Waals surface area (Å²) in [5.74, 6) is -0.00315. The molecule has 1 heterocycles. The van der Waals surface area contributed by atoms with Gasteiger partial charge in [-0.3, -0.25) is 14.4 Å². The molecule has 0 unspecified atom stereocenters. The Morgan fingerprint density at radius 2 is 2.00 bits per heavy atom. The number of amides is 2. The van der Waals surface area contributed by atoms with E-state index in [1.54, 1.807) is 0 Å². The van der Waals surface area contributed by atoms with Crippen molar-refractivity contribution >= 4 is 11.8 Å². The molecule has 120 valence electrons. The average Bonchev–Trinajstić information content (AvgIpc) is 2.51. The second kappa shape index (κ2) is 7.24. The minimum absolute atomic E-state index is 0.0626. The number of nitrogens with one attached hydrogen (secondary N) is 2. The molecule has 0 saturated heterocycles. The van der Waals surface area contributed by atoms with Gasteiger partial charge in [0.25, 0.3) is 11.5 Å². The summed E-state index contributed by atoms with van der Waals surface area (Å²) < 4.78 is 1.27. The Morgan fingerprint density at radius 1 is 1.27 bits per heavy atom. The van der Waals surface area contributed by atoms with Crippen molar-refractivity contribution in [2.24, 2.45) is 5.92 Å². The van der Waals surface area contributed by atoms with E-state index in [9.17, 15) is 14.4 Å². The third-order valence-electron chi connectivity index (χ3n) is 4.24. The SMILES string of the molecule is CNC(=O)c1ccc(=O)n(CC(=O)N[C@H]2CCCC[C@H]2C)c1. The molecule has 0 radical (unpaired) electrons. The summed E-state index contributed by atoms with van der Waals surface area (Å²) >= 11 is 0. The van der Waals surface area contributed by atoms with Gasteiger partial charge < -0.3 is 15.2 Å². The summed E-state index contributed by atoms with van der Waals surface area (Å²) in [6.07, 6.45) is 5.87. The molecule has 2 rings (SSSR count). The summed E-state index contributed by atoms with van der Waals surface area (Å²) in [5, 5.41) is 5.51. The monoisotopic (exact) mass is 305 g/mol. The van der Waals surface area contributed by atoms with Crippen molar-refractivity contribution < 1.29 is 9.59 Å². The number of carbonyl (C=O) groups excluding carboxylic acids is 2. The van der Waals surface area contributed by atoms with Crippen molar-refractivity contribution in [1.82, 2.24) is 15.2 Å². The molecule has 1 aliphatic rings. The van der Waals surface area contributed by atoms with Gasteiger partial charge in [-0.05, 0) is 24.8 Å². The smallest absolute Gasteiger partial charge is 0.252 e. The van der Waals surface area contributed by atoms with Gasteiger partial charge in [-0.25, -0.2) is 0 Å². The molecular formula is C16H23N3O3. The third kappa shape index (κ3) is 3.96. The Morgan fingerprint density at radius 3 is 2.68 bits per heavy atom. The molecule has 0 aliphatic heterocycles. The molecule has 1 aromatic rings. The Labute approximate surface area is 129 Å². The van der Waals surface area contributed by atoms with E-state index in [-0.39, 0.29) is 30.0 Å². The van der Waals surface area contributed by atoms with E-state index in [0.717, 1.165) is 19.3 Å². The fourth-order valence-corrected chi connectivity index (χ4v) is 2.87. The summed E-state index contributed by atoms with van der Waals surface area (Å²) in [6, 6.07) is 2.94. The summed E-state index contributed by atoms with van der Waals surface area (Å²) in [6.45, 7) is 2.08. The fourth-order valence-electron chi connectivity index (χ4n) is 2.87. The van der Waals surface area contributed by atoms with Gasteiger partial charge in [-0.15, -0.1) is 0 Å². The predicted molar refractivity (Wildman–Crippen MR) is 83.7 cm³/mol. The van der Waals surface area contributed by atoms with Gasteiger partial charge in [0.2, 0.25) is 5.91 Å². The first-order chi connectivity index (χ1) is 10.5. The molecule has 6 heteroatoms. The van der Waals surface area contributed by atoms with E-state index in [2.05, 4.69) is 17.6 Å². The Balaban J connectivity index is 2.04. The average molecular weight is 305 g/mol. The molecule has 6 nitrogen and oxygen atoms in total. The number of nitrogens with zero attached hydrogens (tertiary/aromatic N) is 1. The first-order valence-electron chi connectivity index (χ1n) is 7.73. The van der Waals surface area contributed by atoms with Crippen LogP contribution in [0.5, 0.6) is 0 Å². The van der Waals surface area contributed by atoms with Crippen LogP contribution in [0.15, 0.2) is 23.1 Å². The molecule has 1 aliphatic carbocycles. The minimum atomic E-state index is -0.292. The lowest BCUT2D eigenvalue weighted by Gasteiger charge is -2.29. The van der Waals surface area contributed by atoms with Crippen LogP contribution in [-0.4, -0.2) is 29.5 Å². The lowest BCUT2D eigenvalue weighted by Crippen LogP contribution is -2.43. The van der Waals surface area contributed by atoms with Crippen LogP contribution >= 0.6 is 0 Å². The van der Waals surface area contributed by atoms with Gasteiger partial charge >= 0.3 is 0 Å². The molecule has 2 atom stereocenters. The van der Waals surface area contributed by atoms with E-state index in [1.165, 1.54) is 36.4 Å². The van der Waals surface area contributed by atoms with Gasteiger partial charge in [0.05, 0.1) is 5.56 Å². The number of aromatic nitrogens is 1. The lowest BCUT2D eigenvalue weighted by atomic mass is 9.86. The number of rotatable bonds is 4. The molecule has 22 heavy (non-hydrogen) atoms. The maximum atomic E-state index is 12.2. The normalized spacial score (nSPS) is 21.2. The second-order valence-corrected chi connectivity index (χ2v) is 5.90. The highest BCUT2D eigenvalue weighted by atomic mass is 16.2. The van der Waals surface area contributed by atoms with Crippen molar-refractivity contribution in [3.8, 4) is 0 Å². The zero-order valence-corrected chi connectivity index (χ0v) is 13.1. The van der Waals surface area contributed by atoms with E-state index in [4.69, 9.17) is 0 Å². The number of carbonyl (C=O) groups is 2. The first-order valence-corrected chi connectivity index (χ1v) is 7.73. The highest BCUT2D eigenvalue weighted by Crippen LogP contribution is 2.23. The van der Waals surface area contributed by atoms with Crippen molar-refractivity contribution in [2.45, 2.75) is 45.2 Å². The van der Waals surface area contributed by atoms with Crippen molar-refractivity contribution in [3.63, 3.8) is 0 Å². The van der Waals surface area contributed by atoms with Crippen molar-refractivity contribution in [2.75, 3.05) is 7.05 Å². The molecule has 2 amide bonds. The summed E-state index contributed by atoms with van der Waals surface area (Å²) in [4.78, 5) is 35.6.